The van der Waals surface area contributed by atoms with E-state index in [-0.39, 0.29) is 24.9 Å². The van der Waals surface area contributed by atoms with Gasteiger partial charge in [0.15, 0.2) is 5.78 Å². The zero-order valence-electron chi connectivity index (χ0n) is 26.7. The number of hydrogen-bond donors (Lipinski definition) is 4. The molecule has 1 fully saturated rings. The second-order valence-electron chi connectivity index (χ2n) is 13.5. The average molecular weight is 632 g/mol. The van der Waals surface area contributed by atoms with E-state index in [2.05, 4.69) is 48.4 Å². The van der Waals surface area contributed by atoms with Crippen molar-refractivity contribution in [2.45, 2.75) is 88.9 Å². The van der Waals surface area contributed by atoms with Crippen LogP contribution in [-0.4, -0.2) is 75.2 Å². The molecule has 3 aliphatic carbocycles. The van der Waals surface area contributed by atoms with Crippen LogP contribution in [0.25, 0.3) is 0 Å². The van der Waals surface area contributed by atoms with E-state index < -0.39 is 23.2 Å². The van der Waals surface area contributed by atoms with E-state index in [1.807, 2.05) is 42.5 Å². The minimum Gasteiger partial charge on any atom is -0.394 e. The summed E-state index contributed by atoms with van der Waals surface area (Å²) in [5.41, 5.74) is 2.78. The highest BCUT2D eigenvalue weighted by Crippen LogP contribution is 2.58. The van der Waals surface area contributed by atoms with Crippen molar-refractivity contribution in [3.05, 3.63) is 105 Å². The van der Waals surface area contributed by atoms with Crippen LogP contribution in [0.3, 0.4) is 0 Å². The minimum absolute atomic E-state index is 0.0359. The quantitative estimate of drug-likeness (QED) is 0.164. The third-order valence-electron chi connectivity index (χ3n) is 10.4. The highest BCUT2D eigenvalue weighted by atomic mass is 32.1. The predicted molar refractivity (Wildman–Crippen MR) is 181 cm³/mol. The third kappa shape index (κ3) is 7.84. The van der Waals surface area contributed by atoms with Crippen molar-refractivity contribution in [3.63, 3.8) is 0 Å². The van der Waals surface area contributed by atoms with E-state index >= 15 is 0 Å². The van der Waals surface area contributed by atoms with Crippen molar-refractivity contribution in [1.82, 2.24) is 4.90 Å². The van der Waals surface area contributed by atoms with Crippen LogP contribution in [0.4, 0.5) is 0 Å². The van der Waals surface area contributed by atoms with E-state index in [0.29, 0.717) is 43.5 Å². The summed E-state index contributed by atoms with van der Waals surface area (Å²) in [5, 5.41) is 45.8. The summed E-state index contributed by atoms with van der Waals surface area (Å²) in [6.07, 6.45) is 6.43. The molecule has 1 heterocycles. The van der Waals surface area contributed by atoms with Gasteiger partial charge in [-0.2, -0.15) is 0 Å². The van der Waals surface area contributed by atoms with Gasteiger partial charge in [0, 0.05) is 41.1 Å². The van der Waals surface area contributed by atoms with Gasteiger partial charge in [0.05, 0.1) is 24.4 Å². The maximum Gasteiger partial charge on any atom is 0.193 e. The Morgan fingerprint density at radius 1 is 1.09 bits per heavy atom. The standard InChI is InChI=1S/C38H49NO5S/c1-27-8-6-18-37(2)35(16-19-38(37,44)26-39(24-31(42)25-40)20-17-32-11-7-21-45-32)33-15-13-28(22-30(41)14-12-27)23-34(33)36(43)29-9-4-3-5-10-29/h3-5,7-11,13,15,21,23,30-31,35,40-42,44H,6,12,14,16-20,22,24-26H2,1-2H3. The van der Waals surface area contributed by atoms with E-state index in [0.717, 1.165) is 43.2 Å². The molecule has 3 aromatic rings. The highest BCUT2D eigenvalue weighted by Gasteiger charge is 2.57. The SMILES string of the molecule is CC1=CCCC2(C)C(CCC2(O)CN(CCc2cccs2)CC(O)CO)c2ccc(cc2C(=O)c2ccccc2)CC(O)CC1. The van der Waals surface area contributed by atoms with Crippen molar-refractivity contribution in [2.75, 3.05) is 26.2 Å². The topological polar surface area (TPSA) is 101 Å². The van der Waals surface area contributed by atoms with E-state index in [9.17, 15) is 25.2 Å². The molecule has 0 aliphatic heterocycles. The normalized spacial score (nSPS) is 26.3. The lowest BCUT2D eigenvalue weighted by molar-refractivity contribution is -0.0889. The van der Waals surface area contributed by atoms with Gasteiger partial charge in [-0.1, -0.05) is 67.1 Å². The van der Waals surface area contributed by atoms with Crippen molar-refractivity contribution in [2.24, 2.45) is 5.41 Å². The Morgan fingerprint density at radius 3 is 2.62 bits per heavy atom. The first-order valence-electron chi connectivity index (χ1n) is 16.4. The highest BCUT2D eigenvalue weighted by molar-refractivity contribution is 7.09. The summed E-state index contributed by atoms with van der Waals surface area (Å²) in [6.45, 7) is 5.29. The van der Waals surface area contributed by atoms with Gasteiger partial charge in [0.2, 0.25) is 0 Å². The molecule has 0 saturated heterocycles. The van der Waals surface area contributed by atoms with Crippen LogP contribution < -0.4 is 0 Å². The number of nitrogens with zero attached hydrogens (tertiary/aromatic N) is 1. The molecule has 6 nitrogen and oxygen atoms in total. The van der Waals surface area contributed by atoms with Crippen LogP contribution in [0.15, 0.2) is 77.7 Å². The number of ketones is 1. The summed E-state index contributed by atoms with van der Waals surface area (Å²) in [5.74, 6) is -0.103. The minimum atomic E-state index is -1.08. The molecule has 5 atom stereocenters. The Hall–Kier alpha value is -2.65. The lowest BCUT2D eigenvalue weighted by Crippen LogP contribution is -2.54. The molecular formula is C38H49NO5S. The lowest BCUT2D eigenvalue weighted by Gasteiger charge is -2.46. The van der Waals surface area contributed by atoms with Gasteiger partial charge in [-0.15, -0.1) is 11.3 Å². The van der Waals surface area contributed by atoms with Gasteiger partial charge in [-0.3, -0.25) is 9.69 Å². The number of benzene rings is 2. The maximum atomic E-state index is 14.1. The lowest BCUT2D eigenvalue weighted by atomic mass is 9.64. The molecule has 2 aromatic carbocycles. The van der Waals surface area contributed by atoms with Crippen LogP contribution in [-0.2, 0) is 12.8 Å². The molecule has 3 aliphatic rings. The Bertz CT molecular complexity index is 1440. The number of allylic oxidation sites excluding steroid dienone is 2. The smallest absolute Gasteiger partial charge is 0.193 e. The molecule has 0 amide bonds. The van der Waals surface area contributed by atoms with Gasteiger partial charge in [0.25, 0.3) is 0 Å². The molecule has 0 spiro atoms. The Labute approximate surface area is 272 Å². The molecule has 7 heteroatoms. The van der Waals surface area contributed by atoms with Crippen LogP contribution >= 0.6 is 11.3 Å². The first-order chi connectivity index (χ1) is 21.6. The molecule has 6 rings (SSSR count). The molecule has 45 heavy (non-hydrogen) atoms. The van der Waals surface area contributed by atoms with Crippen molar-refractivity contribution < 1.29 is 25.2 Å². The second-order valence-corrected chi connectivity index (χ2v) is 14.6. The molecule has 5 unspecified atom stereocenters. The summed E-state index contributed by atoms with van der Waals surface area (Å²) in [7, 11) is 0. The molecule has 1 aromatic heterocycles. The Kier molecular flexibility index (Phi) is 11.1. The fourth-order valence-corrected chi connectivity index (χ4v) is 8.32. The first-order valence-corrected chi connectivity index (χ1v) is 17.3. The summed E-state index contributed by atoms with van der Waals surface area (Å²) >= 11 is 1.70. The zero-order valence-corrected chi connectivity index (χ0v) is 27.5. The van der Waals surface area contributed by atoms with Crippen molar-refractivity contribution in [1.29, 1.82) is 0 Å². The fraction of sp³-hybridized carbons (Fsp3) is 0.500. The van der Waals surface area contributed by atoms with Crippen LogP contribution in [0.5, 0.6) is 0 Å². The van der Waals surface area contributed by atoms with Gasteiger partial charge in [0.1, 0.15) is 0 Å². The van der Waals surface area contributed by atoms with E-state index in [4.69, 9.17) is 0 Å². The fourth-order valence-electron chi connectivity index (χ4n) is 7.63. The summed E-state index contributed by atoms with van der Waals surface area (Å²) in [6, 6.07) is 19.6. The second kappa shape index (κ2) is 14.8. The van der Waals surface area contributed by atoms with Gasteiger partial charge in [-0.25, -0.2) is 0 Å². The number of hydrogen-bond acceptors (Lipinski definition) is 7. The molecule has 242 valence electrons. The molecular weight excluding hydrogens is 582 g/mol. The molecule has 0 radical (unpaired) electrons. The van der Waals surface area contributed by atoms with E-state index in [1.165, 1.54) is 10.5 Å². The predicted octanol–water partition coefficient (Wildman–Crippen LogP) is 5.92. The number of carbonyl (C=O) groups is 1. The largest absolute Gasteiger partial charge is 0.394 e. The van der Waals surface area contributed by atoms with Gasteiger partial charge in [-0.05, 0) is 92.8 Å². The summed E-state index contributed by atoms with van der Waals surface area (Å²) < 4.78 is 0. The van der Waals surface area contributed by atoms with Crippen LogP contribution in [0.2, 0.25) is 0 Å². The van der Waals surface area contributed by atoms with Gasteiger partial charge < -0.3 is 20.4 Å². The number of aliphatic hydroxyl groups is 4. The molecule has 4 N–H and O–H groups in total. The average Bonchev–Trinajstić information content (AvgIpc) is 3.64. The number of carbonyl (C=O) groups excluding carboxylic acids is 1. The molecule has 2 bridgehead atoms. The number of rotatable bonds is 10. The third-order valence-corrected chi connectivity index (χ3v) is 11.3. The van der Waals surface area contributed by atoms with Crippen molar-refractivity contribution in [3.8, 4) is 0 Å². The maximum absolute atomic E-state index is 14.1. The summed E-state index contributed by atoms with van der Waals surface area (Å²) in [4.78, 5) is 17.5. The number of thiophene rings is 1. The van der Waals surface area contributed by atoms with Gasteiger partial charge >= 0.3 is 0 Å². The number of aliphatic hydroxyl groups excluding tert-OH is 3. The van der Waals surface area contributed by atoms with E-state index in [1.54, 1.807) is 11.3 Å². The zero-order chi connectivity index (χ0) is 32.0. The molecule has 1 saturated carbocycles. The van der Waals surface area contributed by atoms with Crippen molar-refractivity contribution >= 4 is 17.1 Å². The monoisotopic (exact) mass is 631 g/mol. The van der Waals surface area contributed by atoms with Crippen LogP contribution in [0, 0.1) is 5.41 Å². The van der Waals surface area contributed by atoms with Crippen LogP contribution in [0.1, 0.15) is 90.2 Å². The Morgan fingerprint density at radius 2 is 1.89 bits per heavy atom. The first kappa shape index (κ1) is 33.7. The number of fused-ring (bicyclic) bond motifs is 8. The Balaban J connectivity index is 1.55.